The zero-order valence-electron chi connectivity index (χ0n) is 15.8. The number of fused-ring (bicyclic) bond motifs is 1. The van der Waals surface area contributed by atoms with Crippen LogP contribution in [0.1, 0.15) is 42.9 Å². The normalized spacial score (nSPS) is 13.1. The van der Waals surface area contributed by atoms with Crippen LogP contribution in [0.5, 0.6) is 0 Å². The Hall–Kier alpha value is -2.17. The molecule has 1 aromatic heterocycles. The van der Waals surface area contributed by atoms with E-state index >= 15 is 0 Å². The molecule has 0 bridgehead atoms. The molecule has 0 spiro atoms. The number of rotatable bonds is 4. The van der Waals surface area contributed by atoms with E-state index in [0.717, 1.165) is 21.2 Å². The van der Waals surface area contributed by atoms with Crippen LogP contribution in [0.2, 0.25) is 0 Å². The van der Waals surface area contributed by atoms with E-state index in [1.54, 1.807) is 11.3 Å². The monoisotopic (exact) mass is 368 g/mol. The molecule has 0 fully saturated rings. The Bertz CT molecular complexity index is 946. The second-order valence-corrected chi connectivity index (χ2v) is 8.90. The number of hydrogen-bond acceptors (Lipinski definition) is 3. The van der Waals surface area contributed by atoms with E-state index in [1.807, 2.05) is 39.8 Å². The van der Waals surface area contributed by atoms with Crippen LogP contribution in [0.25, 0.3) is 21.2 Å². The van der Waals surface area contributed by atoms with Crippen LogP contribution in [0.15, 0.2) is 42.5 Å². The molecule has 136 valence electrons. The number of thiophene rings is 1. The maximum absolute atomic E-state index is 12.0. The topological polar surface area (TPSA) is 46.5 Å². The van der Waals surface area contributed by atoms with E-state index in [9.17, 15) is 9.90 Å². The van der Waals surface area contributed by atoms with E-state index in [0.29, 0.717) is 5.56 Å². The summed E-state index contributed by atoms with van der Waals surface area (Å²) in [6.07, 6.45) is -1.02. The summed E-state index contributed by atoms with van der Waals surface area (Å²) in [5.41, 5.74) is 3.26. The molecule has 3 rings (SSSR count). The molecular weight excluding hydrogens is 344 g/mol. The molecule has 3 nitrogen and oxygen atoms in total. The Morgan fingerprint density at radius 1 is 1.08 bits per heavy atom. The van der Waals surface area contributed by atoms with Gasteiger partial charge in [-0.25, -0.2) is 4.79 Å². The van der Waals surface area contributed by atoms with Gasteiger partial charge >= 0.3 is 5.97 Å². The highest BCUT2D eigenvalue weighted by Crippen LogP contribution is 2.40. The predicted octanol–water partition coefficient (Wildman–Crippen LogP) is 6.13. The van der Waals surface area contributed by atoms with Crippen LogP contribution in [-0.2, 0) is 9.53 Å². The molecule has 26 heavy (non-hydrogen) atoms. The molecule has 1 unspecified atom stereocenters. The largest absolute Gasteiger partial charge is 0.479 e. The van der Waals surface area contributed by atoms with Crippen molar-refractivity contribution in [1.29, 1.82) is 0 Å². The van der Waals surface area contributed by atoms with Crippen LogP contribution >= 0.6 is 11.3 Å². The molecule has 4 heteroatoms. The number of aryl methyl sites for hydroxylation is 2. The summed E-state index contributed by atoms with van der Waals surface area (Å²) in [5.74, 6) is -0.973. The van der Waals surface area contributed by atoms with Gasteiger partial charge in [0.25, 0.3) is 0 Å². The standard InChI is InChI=1S/C22H24O3S/c1-13-6-8-15(9-7-13)19-16(20(21(23)24)25-22(3,4)5)10-11-18-17(19)12-14(2)26-18/h6-12,20H,1-5H3,(H,23,24). The molecule has 0 saturated heterocycles. The third-order valence-corrected chi connectivity index (χ3v) is 5.19. The van der Waals surface area contributed by atoms with Crippen LogP contribution in [0.4, 0.5) is 0 Å². The first-order chi connectivity index (χ1) is 12.2. The number of aliphatic carboxylic acids is 1. The Labute approximate surface area is 158 Å². The summed E-state index contributed by atoms with van der Waals surface area (Å²) >= 11 is 1.72. The minimum atomic E-state index is -1.02. The van der Waals surface area contributed by atoms with Crippen LogP contribution in [-0.4, -0.2) is 16.7 Å². The first-order valence-corrected chi connectivity index (χ1v) is 9.48. The van der Waals surface area contributed by atoms with E-state index in [4.69, 9.17) is 4.74 Å². The average Bonchev–Trinajstić information content (AvgIpc) is 2.92. The average molecular weight is 368 g/mol. The molecule has 1 N–H and O–H groups in total. The zero-order chi connectivity index (χ0) is 19.1. The lowest BCUT2D eigenvalue weighted by Gasteiger charge is -2.27. The Morgan fingerprint density at radius 2 is 1.73 bits per heavy atom. The second kappa shape index (κ2) is 6.86. The summed E-state index contributed by atoms with van der Waals surface area (Å²) in [6, 6.07) is 14.2. The van der Waals surface area contributed by atoms with E-state index < -0.39 is 17.7 Å². The first kappa shape index (κ1) is 18.6. The number of ether oxygens (including phenoxy) is 1. The van der Waals surface area contributed by atoms with Crippen molar-refractivity contribution in [3.8, 4) is 11.1 Å². The van der Waals surface area contributed by atoms with Crippen molar-refractivity contribution < 1.29 is 14.6 Å². The minimum absolute atomic E-state index is 0.562. The molecule has 0 radical (unpaired) electrons. The fraction of sp³-hybridized carbons (Fsp3) is 0.318. The Balaban J connectivity index is 2.28. The molecule has 3 aromatic rings. The highest BCUT2D eigenvalue weighted by Gasteiger charge is 2.30. The molecule has 0 amide bonds. The predicted molar refractivity (Wildman–Crippen MR) is 108 cm³/mol. The fourth-order valence-electron chi connectivity index (χ4n) is 3.12. The van der Waals surface area contributed by atoms with Gasteiger partial charge in [-0.1, -0.05) is 35.9 Å². The second-order valence-electron chi connectivity index (χ2n) is 7.61. The number of hydrogen-bond donors (Lipinski definition) is 1. The molecule has 1 atom stereocenters. The molecule has 0 aliphatic carbocycles. The van der Waals surface area contributed by atoms with Crippen LogP contribution in [0, 0.1) is 13.8 Å². The number of carboxylic acids is 1. The Morgan fingerprint density at radius 3 is 2.31 bits per heavy atom. The number of carbonyl (C=O) groups is 1. The quantitative estimate of drug-likeness (QED) is 0.603. The lowest BCUT2D eigenvalue weighted by molar-refractivity contribution is -0.160. The van der Waals surface area contributed by atoms with Crippen molar-refractivity contribution in [2.75, 3.05) is 0 Å². The van der Waals surface area contributed by atoms with Gasteiger partial charge in [0.15, 0.2) is 6.10 Å². The Kier molecular flexibility index (Phi) is 4.91. The van der Waals surface area contributed by atoms with Gasteiger partial charge < -0.3 is 9.84 Å². The van der Waals surface area contributed by atoms with Gasteiger partial charge in [-0.15, -0.1) is 11.3 Å². The van der Waals surface area contributed by atoms with Gasteiger partial charge in [0, 0.05) is 20.5 Å². The molecule has 2 aromatic carbocycles. The van der Waals surface area contributed by atoms with Crippen molar-refractivity contribution in [1.82, 2.24) is 0 Å². The summed E-state index contributed by atoms with van der Waals surface area (Å²) in [4.78, 5) is 13.2. The molecule has 0 aliphatic heterocycles. The van der Waals surface area contributed by atoms with E-state index in [2.05, 4.69) is 37.3 Å². The summed E-state index contributed by atoms with van der Waals surface area (Å²) in [6.45, 7) is 9.75. The van der Waals surface area contributed by atoms with Crippen molar-refractivity contribution in [2.24, 2.45) is 0 Å². The van der Waals surface area contributed by atoms with E-state index in [1.165, 1.54) is 10.4 Å². The highest BCUT2D eigenvalue weighted by molar-refractivity contribution is 7.19. The smallest absolute Gasteiger partial charge is 0.337 e. The summed E-state index contributed by atoms with van der Waals surface area (Å²) < 4.78 is 7.09. The van der Waals surface area contributed by atoms with Gasteiger partial charge in [0.05, 0.1) is 5.60 Å². The van der Waals surface area contributed by atoms with Crippen molar-refractivity contribution >= 4 is 27.4 Å². The van der Waals surface area contributed by atoms with Gasteiger partial charge in [-0.05, 0) is 57.9 Å². The van der Waals surface area contributed by atoms with Crippen molar-refractivity contribution in [3.63, 3.8) is 0 Å². The highest BCUT2D eigenvalue weighted by atomic mass is 32.1. The van der Waals surface area contributed by atoms with Crippen molar-refractivity contribution in [3.05, 3.63) is 58.5 Å². The van der Waals surface area contributed by atoms with Crippen LogP contribution < -0.4 is 0 Å². The zero-order valence-corrected chi connectivity index (χ0v) is 16.6. The summed E-state index contributed by atoms with van der Waals surface area (Å²) in [5, 5.41) is 10.9. The minimum Gasteiger partial charge on any atom is -0.479 e. The molecule has 0 saturated carbocycles. The van der Waals surface area contributed by atoms with E-state index in [-0.39, 0.29) is 0 Å². The lowest BCUT2D eigenvalue weighted by atomic mass is 9.92. The van der Waals surface area contributed by atoms with Crippen LogP contribution in [0.3, 0.4) is 0 Å². The lowest BCUT2D eigenvalue weighted by Crippen LogP contribution is -2.27. The maximum atomic E-state index is 12.0. The van der Waals surface area contributed by atoms with Gasteiger partial charge in [0.2, 0.25) is 0 Å². The van der Waals surface area contributed by atoms with Gasteiger partial charge in [0.1, 0.15) is 0 Å². The third kappa shape index (κ3) is 3.81. The van der Waals surface area contributed by atoms with Crippen molar-refractivity contribution in [2.45, 2.75) is 46.3 Å². The third-order valence-electron chi connectivity index (χ3n) is 4.17. The molecule has 1 heterocycles. The molecule has 0 aliphatic rings. The first-order valence-electron chi connectivity index (χ1n) is 8.66. The SMILES string of the molecule is Cc1ccc(-c2c(C(OC(C)(C)C)C(=O)O)ccc3sc(C)cc23)cc1. The summed E-state index contributed by atoms with van der Waals surface area (Å²) in [7, 11) is 0. The number of carboxylic acid groups (broad SMARTS) is 1. The number of benzene rings is 2. The maximum Gasteiger partial charge on any atom is 0.337 e. The fourth-order valence-corrected chi connectivity index (χ4v) is 4.05. The van der Waals surface area contributed by atoms with Gasteiger partial charge in [-0.2, -0.15) is 0 Å². The molecular formula is C22H24O3S. The van der Waals surface area contributed by atoms with Gasteiger partial charge in [-0.3, -0.25) is 0 Å².